The molecular formula is C19H33N3O4. The predicted molar refractivity (Wildman–Crippen MR) is 98.8 cm³/mol. The first-order valence-corrected chi connectivity index (χ1v) is 10.00. The Hall–Kier alpha value is -1.79. The van der Waals surface area contributed by atoms with Crippen molar-refractivity contribution in [2.45, 2.75) is 89.1 Å². The average molecular weight is 367 g/mol. The van der Waals surface area contributed by atoms with Crippen molar-refractivity contribution in [3.8, 4) is 0 Å². The summed E-state index contributed by atoms with van der Waals surface area (Å²) in [5.74, 6) is -0.689. The summed E-state index contributed by atoms with van der Waals surface area (Å²) in [5.41, 5.74) is -1.12. The fraction of sp³-hybridized carbons (Fsp3) is 0.842. The van der Waals surface area contributed by atoms with Crippen LogP contribution < -0.4 is 16.0 Å². The lowest BCUT2D eigenvalue weighted by Gasteiger charge is -2.36. The van der Waals surface area contributed by atoms with E-state index in [1.807, 2.05) is 0 Å². The maximum absolute atomic E-state index is 12.2. The summed E-state index contributed by atoms with van der Waals surface area (Å²) in [5, 5.41) is 18.0. The van der Waals surface area contributed by atoms with E-state index in [0.717, 1.165) is 38.5 Å². The Kier molecular flexibility index (Phi) is 7.72. The second-order valence-electron chi connectivity index (χ2n) is 7.96. The molecule has 0 atom stereocenters. The van der Waals surface area contributed by atoms with Crippen molar-refractivity contribution in [3.05, 3.63) is 0 Å². The van der Waals surface area contributed by atoms with E-state index >= 15 is 0 Å². The molecule has 0 spiro atoms. The summed E-state index contributed by atoms with van der Waals surface area (Å²) < 4.78 is 0. The van der Waals surface area contributed by atoms with Gasteiger partial charge in [-0.15, -0.1) is 0 Å². The highest BCUT2D eigenvalue weighted by atomic mass is 16.4. The lowest BCUT2D eigenvalue weighted by molar-refractivity contribution is -0.149. The van der Waals surface area contributed by atoms with Gasteiger partial charge in [0.2, 0.25) is 5.91 Å². The molecule has 0 heterocycles. The molecule has 7 nitrogen and oxygen atoms in total. The molecule has 0 unspecified atom stereocenters. The van der Waals surface area contributed by atoms with E-state index in [1.165, 1.54) is 6.42 Å². The number of nitrogens with one attached hydrogen (secondary N) is 3. The van der Waals surface area contributed by atoms with Crippen molar-refractivity contribution >= 4 is 17.9 Å². The molecule has 26 heavy (non-hydrogen) atoms. The highest BCUT2D eigenvalue weighted by Gasteiger charge is 2.42. The van der Waals surface area contributed by atoms with Crippen LogP contribution in [0.3, 0.4) is 0 Å². The van der Waals surface area contributed by atoms with Crippen LogP contribution in [-0.2, 0) is 9.59 Å². The molecule has 4 N–H and O–H groups in total. The summed E-state index contributed by atoms with van der Waals surface area (Å²) in [4.78, 5) is 35.7. The van der Waals surface area contributed by atoms with Crippen LogP contribution in [0.1, 0.15) is 77.6 Å². The number of carbonyl (C=O) groups is 3. The number of hydrogen-bond donors (Lipinski definition) is 4. The molecule has 3 amide bonds. The Morgan fingerprint density at radius 2 is 1.69 bits per heavy atom. The number of amides is 3. The number of hydrogen-bond acceptors (Lipinski definition) is 3. The first-order chi connectivity index (χ1) is 12.4. The molecule has 0 bridgehead atoms. The summed E-state index contributed by atoms with van der Waals surface area (Å²) in [6.45, 7) is 2.51. The van der Waals surface area contributed by atoms with E-state index in [9.17, 15) is 19.5 Å². The van der Waals surface area contributed by atoms with Crippen LogP contribution in [-0.4, -0.2) is 41.1 Å². The third-order valence-corrected chi connectivity index (χ3v) is 5.72. The lowest BCUT2D eigenvalue weighted by Crippen LogP contribution is -2.56. The number of carboxylic acids is 1. The normalized spacial score (nSPS) is 26.7. The molecule has 0 saturated heterocycles. The van der Waals surface area contributed by atoms with Crippen LogP contribution >= 0.6 is 0 Å². The van der Waals surface area contributed by atoms with E-state index in [0.29, 0.717) is 31.7 Å². The van der Waals surface area contributed by atoms with Crippen LogP contribution in [0, 0.1) is 5.92 Å². The Labute approximate surface area is 155 Å². The first-order valence-electron chi connectivity index (χ1n) is 10.00. The number of rotatable bonds is 7. The van der Waals surface area contributed by atoms with Gasteiger partial charge in [-0.2, -0.15) is 0 Å². The molecule has 2 fully saturated rings. The number of urea groups is 1. The lowest BCUT2D eigenvalue weighted by atomic mass is 9.77. The molecule has 7 heteroatoms. The largest absolute Gasteiger partial charge is 0.480 e. The maximum atomic E-state index is 12.2. The fourth-order valence-corrected chi connectivity index (χ4v) is 3.91. The van der Waals surface area contributed by atoms with Gasteiger partial charge in [-0.25, -0.2) is 9.59 Å². The van der Waals surface area contributed by atoms with Gasteiger partial charge < -0.3 is 21.1 Å². The molecule has 0 aromatic heterocycles. The smallest absolute Gasteiger partial charge is 0.329 e. The summed E-state index contributed by atoms with van der Waals surface area (Å²) in [6.07, 6.45) is 8.94. The zero-order valence-electron chi connectivity index (χ0n) is 15.8. The Balaban J connectivity index is 1.64. The summed E-state index contributed by atoms with van der Waals surface area (Å²) >= 11 is 0. The van der Waals surface area contributed by atoms with Crippen molar-refractivity contribution in [2.24, 2.45) is 5.92 Å². The van der Waals surface area contributed by atoms with Crippen LogP contribution in [0.5, 0.6) is 0 Å². The van der Waals surface area contributed by atoms with Gasteiger partial charge in [0.25, 0.3) is 0 Å². The third kappa shape index (κ3) is 6.18. The van der Waals surface area contributed by atoms with Gasteiger partial charge in [-0.1, -0.05) is 26.2 Å². The van der Waals surface area contributed by atoms with E-state index in [2.05, 4.69) is 22.9 Å². The van der Waals surface area contributed by atoms with Gasteiger partial charge in [-0.3, -0.25) is 4.79 Å². The minimum Gasteiger partial charge on any atom is -0.480 e. The van der Waals surface area contributed by atoms with Gasteiger partial charge in [0, 0.05) is 19.0 Å². The average Bonchev–Trinajstić information content (AvgIpc) is 2.61. The maximum Gasteiger partial charge on any atom is 0.329 e. The molecule has 2 aliphatic carbocycles. The van der Waals surface area contributed by atoms with Crippen molar-refractivity contribution < 1.29 is 19.5 Å². The Morgan fingerprint density at radius 1 is 1.04 bits per heavy atom. The number of carbonyl (C=O) groups excluding carboxylic acids is 2. The van der Waals surface area contributed by atoms with Crippen molar-refractivity contribution in [3.63, 3.8) is 0 Å². The Bertz CT molecular complexity index is 495. The molecule has 2 rings (SSSR count). The van der Waals surface area contributed by atoms with E-state index in [4.69, 9.17) is 0 Å². The van der Waals surface area contributed by atoms with Crippen LogP contribution in [0.4, 0.5) is 4.79 Å². The zero-order valence-corrected chi connectivity index (χ0v) is 15.8. The van der Waals surface area contributed by atoms with Crippen LogP contribution in [0.25, 0.3) is 0 Å². The molecule has 148 valence electrons. The second-order valence-corrected chi connectivity index (χ2v) is 7.96. The predicted octanol–water partition coefficient (Wildman–Crippen LogP) is 2.55. The molecule has 2 aliphatic rings. The molecular weight excluding hydrogens is 334 g/mol. The summed E-state index contributed by atoms with van der Waals surface area (Å²) in [6, 6.07) is 0.0803. The molecule has 0 aromatic rings. The Morgan fingerprint density at radius 3 is 2.31 bits per heavy atom. The van der Waals surface area contributed by atoms with Gasteiger partial charge in [0.05, 0.1) is 0 Å². The highest BCUT2D eigenvalue weighted by Crippen LogP contribution is 2.32. The van der Waals surface area contributed by atoms with Crippen LogP contribution in [0.2, 0.25) is 0 Å². The zero-order chi connectivity index (χ0) is 19.0. The quantitative estimate of drug-likeness (QED) is 0.519. The second kappa shape index (κ2) is 9.78. The fourth-order valence-electron chi connectivity index (χ4n) is 3.91. The number of aliphatic carboxylic acids is 1. The number of carboxylic acid groups (broad SMARTS) is 1. The standard InChI is InChI=1S/C19H33N3O4/c1-14-9-11-19(12-10-14,17(24)25)22-16(23)8-5-13-20-18(26)21-15-6-3-2-4-7-15/h14-15H,2-13H2,1H3,(H,22,23)(H,24,25)(H2,20,21,26). The third-order valence-electron chi connectivity index (χ3n) is 5.72. The van der Waals surface area contributed by atoms with Crippen molar-refractivity contribution in [1.29, 1.82) is 0 Å². The molecule has 0 aromatic carbocycles. The highest BCUT2D eigenvalue weighted by molar-refractivity contribution is 5.87. The molecule has 0 aliphatic heterocycles. The summed E-state index contributed by atoms with van der Waals surface area (Å²) in [7, 11) is 0. The van der Waals surface area contributed by atoms with Gasteiger partial charge in [0.1, 0.15) is 5.54 Å². The van der Waals surface area contributed by atoms with Crippen LogP contribution in [0.15, 0.2) is 0 Å². The van der Waals surface area contributed by atoms with E-state index in [1.54, 1.807) is 0 Å². The topological polar surface area (TPSA) is 108 Å². The van der Waals surface area contributed by atoms with Gasteiger partial charge >= 0.3 is 12.0 Å². The van der Waals surface area contributed by atoms with Gasteiger partial charge in [-0.05, 0) is 50.9 Å². The minimum atomic E-state index is -1.12. The van der Waals surface area contributed by atoms with E-state index < -0.39 is 11.5 Å². The van der Waals surface area contributed by atoms with E-state index in [-0.39, 0.29) is 24.4 Å². The van der Waals surface area contributed by atoms with Crippen molar-refractivity contribution in [1.82, 2.24) is 16.0 Å². The van der Waals surface area contributed by atoms with Gasteiger partial charge in [0.15, 0.2) is 0 Å². The molecule has 0 radical (unpaired) electrons. The molecule has 2 saturated carbocycles. The minimum absolute atomic E-state index is 0.180. The SMILES string of the molecule is CC1CCC(NC(=O)CCCNC(=O)NC2CCCCC2)(C(=O)O)CC1. The first kappa shape index (κ1) is 20.5. The monoisotopic (exact) mass is 367 g/mol. The van der Waals surface area contributed by atoms with Crippen molar-refractivity contribution in [2.75, 3.05) is 6.54 Å².